The first kappa shape index (κ1) is 14.8. The second kappa shape index (κ2) is 5.79. The van der Waals surface area contributed by atoms with Crippen LogP contribution in [0.3, 0.4) is 0 Å². The Kier molecular flexibility index (Phi) is 4.28. The third kappa shape index (κ3) is 3.70. The van der Waals surface area contributed by atoms with Gasteiger partial charge in [0.05, 0.1) is 11.6 Å². The summed E-state index contributed by atoms with van der Waals surface area (Å²) in [5, 5.41) is 19.8. The van der Waals surface area contributed by atoms with E-state index in [2.05, 4.69) is 48.4 Å². The van der Waals surface area contributed by atoms with E-state index in [1.54, 1.807) is 0 Å². The van der Waals surface area contributed by atoms with Crippen LogP contribution in [0, 0.1) is 5.92 Å². The van der Waals surface area contributed by atoms with E-state index in [0.29, 0.717) is 19.4 Å². The zero-order chi connectivity index (χ0) is 14.8. The van der Waals surface area contributed by atoms with Crippen LogP contribution in [0.1, 0.15) is 45.0 Å². The number of nitrogens with one attached hydrogen (secondary N) is 2. The van der Waals surface area contributed by atoms with Crippen molar-refractivity contribution in [3.8, 4) is 0 Å². The van der Waals surface area contributed by atoms with Gasteiger partial charge in [0.15, 0.2) is 0 Å². The smallest absolute Gasteiger partial charge is 0.306 e. The van der Waals surface area contributed by atoms with Gasteiger partial charge in [0.1, 0.15) is 0 Å². The molecule has 0 aliphatic heterocycles. The van der Waals surface area contributed by atoms with Crippen molar-refractivity contribution in [1.29, 1.82) is 0 Å². The number of hydrogen-bond donors (Lipinski definition) is 3. The van der Waals surface area contributed by atoms with Gasteiger partial charge in [-0.05, 0) is 18.9 Å². The summed E-state index contributed by atoms with van der Waals surface area (Å²) in [4.78, 5) is 11.0. The fraction of sp³-hybridized carbons (Fsp3) is 0.600. The molecular weight excluding hydrogens is 254 g/mol. The Morgan fingerprint density at radius 2 is 2.30 bits per heavy atom. The molecule has 1 aliphatic carbocycles. The van der Waals surface area contributed by atoms with Gasteiger partial charge in [-0.1, -0.05) is 32.9 Å². The van der Waals surface area contributed by atoms with Gasteiger partial charge in [-0.3, -0.25) is 9.89 Å². The summed E-state index contributed by atoms with van der Waals surface area (Å²) in [5.74, 6) is -0.984. The van der Waals surface area contributed by atoms with E-state index in [9.17, 15) is 4.79 Å². The van der Waals surface area contributed by atoms with E-state index >= 15 is 0 Å². The number of aliphatic carboxylic acids is 1. The molecule has 5 heteroatoms. The van der Waals surface area contributed by atoms with E-state index in [-0.39, 0.29) is 17.4 Å². The molecule has 0 saturated carbocycles. The minimum absolute atomic E-state index is 0.0356. The summed E-state index contributed by atoms with van der Waals surface area (Å²) in [6.07, 6.45) is 5.28. The highest BCUT2D eigenvalue weighted by Crippen LogP contribution is 2.21. The summed E-state index contributed by atoms with van der Waals surface area (Å²) < 4.78 is 0. The zero-order valence-corrected chi connectivity index (χ0v) is 12.3. The Balaban J connectivity index is 1.89. The molecule has 0 amide bonds. The molecule has 20 heavy (non-hydrogen) atoms. The van der Waals surface area contributed by atoms with Crippen molar-refractivity contribution in [2.75, 3.05) is 0 Å². The van der Waals surface area contributed by atoms with Gasteiger partial charge < -0.3 is 10.4 Å². The Morgan fingerprint density at radius 1 is 1.55 bits per heavy atom. The third-order valence-corrected chi connectivity index (χ3v) is 3.63. The third-order valence-electron chi connectivity index (χ3n) is 3.63. The quantitative estimate of drug-likeness (QED) is 0.737. The summed E-state index contributed by atoms with van der Waals surface area (Å²) in [6, 6.07) is 2.18. The van der Waals surface area contributed by atoms with Crippen molar-refractivity contribution in [3.05, 3.63) is 29.6 Å². The topological polar surface area (TPSA) is 78.0 Å². The number of aromatic nitrogens is 2. The average Bonchev–Trinajstić information content (AvgIpc) is 2.85. The SMILES string of the molecule is CC(C)(C)c1cc(CN[C@H]2C=CC[C@H](C(=O)O)C2)[nH]n1. The van der Waals surface area contributed by atoms with Crippen molar-refractivity contribution in [2.24, 2.45) is 5.92 Å². The Labute approximate surface area is 119 Å². The molecule has 0 aromatic carbocycles. The second-order valence-corrected chi connectivity index (χ2v) is 6.45. The van der Waals surface area contributed by atoms with Crippen LogP contribution in [-0.2, 0) is 16.8 Å². The van der Waals surface area contributed by atoms with E-state index in [0.717, 1.165) is 11.4 Å². The van der Waals surface area contributed by atoms with Gasteiger partial charge in [0, 0.05) is 23.7 Å². The highest BCUT2D eigenvalue weighted by molar-refractivity contribution is 5.70. The normalized spacial score (nSPS) is 22.9. The van der Waals surface area contributed by atoms with Gasteiger partial charge in [-0.25, -0.2) is 0 Å². The Morgan fingerprint density at radius 3 is 2.90 bits per heavy atom. The van der Waals surface area contributed by atoms with Crippen LogP contribution in [0.5, 0.6) is 0 Å². The van der Waals surface area contributed by atoms with Crippen LogP contribution in [0.2, 0.25) is 0 Å². The molecule has 5 nitrogen and oxygen atoms in total. The minimum Gasteiger partial charge on any atom is -0.481 e. The second-order valence-electron chi connectivity index (χ2n) is 6.45. The molecule has 2 rings (SSSR count). The fourth-order valence-electron chi connectivity index (χ4n) is 2.32. The maximum absolute atomic E-state index is 11.0. The van der Waals surface area contributed by atoms with E-state index < -0.39 is 5.97 Å². The number of carbonyl (C=O) groups is 1. The van der Waals surface area contributed by atoms with Crippen LogP contribution in [0.4, 0.5) is 0 Å². The lowest BCUT2D eigenvalue weighted by molar-refractivity contribution is -0.142. The molecule has 1 aromatic rings. The monoisotopic (exact) mass is 277 g/mol. The highest BCUT2D eigenvalue weighted by Gasteiger charge is 2.23. The molecule has 0 saturated heterocycles. The molecule has 1 heterocycles. The lowest BCUT2D eigenvalue weighted by Crippen LogP contribution is -2.33. The molecular formula is C15H23N3O2. The number of allylic oxidation sites excluding steroid dienone is 1. The largest absolute Gasteiger partial charge is 0.481 e. The van der Waals surface area contributed by atoms with Crippen LogP contribution < -0.4 is 5.32 Å². The van der Waals surface area contributed by atoms with Crippen molar-refractivity contribution in [2.45, 2.75) is 51.6 Å². The van der Waals surface area contributed by atoms with Gasteiger partial charge >= 0.3 is 5.97 Å². The van der Waals surface area contributed by atoms with Crippen molar-refractivity contribution < 1.29 is 9.90 Å². The summed E-state index contributed by atoms with van der Waals surface area (Å²) in [6.45, 7) is 7.05. The number of hydrogen-bond acceptors (Lipinski definition) is 3. The number of carboxylic acids is 1. The van der Waals surface area contributed by atoms with Crippen molar-refractivity contribution >= 4 is 5.97 Å². The maximum atomic E-state index is 11.0. The summed E-state index contributed by atoms with van der Waals surface area (Å²) in [5.41, 5.74) is 2.10. The van der Waals surface area contributed by atoms with E-state index in [4.69, 9.17) is 5.11 Å². The zero-order valence-electron chi connectivity index (χ0n) is 12.3. The van der Waals surface area contributed by atoms with Crippen LogP contribution >= 0.6 is 0 Å². The number of nitrogens with zero attached hydrogens (tertiary/aromatic N) is 1. The molecule has 0 radical (unpaired) electrons. The summed E-state index contributed by atoms with van der Waals surface area (Å²) in [7, 11) is 0. The predicted octanol–water partition coefficient (Wildman–Crippen LogP) is 2.22. The van der Waals surface area contributed by atoms with Gasteiger partial charge in [-0.15, -0.1) is 0 Å². The number of carboxylic acid groups (broad SMARTS) is 1. The molecule has 1 aromatic heterocycles. The molecule has 110 valence electrons. The number of H-pyrrole nitrogens is 1. The predicted molar refractivity (Wildman–Crippen MR) is 77.4 cm³/mol. The lowest BCUT2D eigenvalue weighted by Gasteiger charge is -2.22. The average molecular weight is 277 g/mol. The Hall–Kier alpha value is -1.62. The van der Waals surface area contributed by atoms with Crippen LogP contribution in [-0.4, -0.2) is 27.3 Å². The van der Waals surface area contributed by atoms with Gasteiger partial charge in [0.25, 0.3) is 0 Å². The minimum atomic E-state index is -0.710. The van der Waals surface area contributed by atoms with Gasteiger partial charge in [-0.2, -0.15) is 5.10 Å². The molecule has 3 N–H and O–H groups in total. The molecule has 1 aliphatic rings. The van der Waals surface area contributed by atoms with Crippen LogP contribution in [0.25, 0.3) is 0 Å². The number of rotatable bonds is 4. The first-order valence-electron chi connectivity index (χ1n) is 7.04. The van der Waals surface area contributed by atoms with Crippen molar-refractivity contribution in [1.82, 2.24) is 15.5 Å². The van der Waals surface area contributed by atoms with Crippen LogP contribution in [0.15, 0.2) is 18.2 Å². The van der Waals surface area contributed by atoms with E-state index in [1.807, 2.05) is 6.08 Å². The standard InChI is InChI=1S/C15H23N3O2/c1-15(2,3)13-8-12(17-18-13)9-16-11-6-4-5-10(7-11)14(19)20/h4,6,8,10-11,16H,5,7,9H2,1-3H3,(H,17,18)(H,19,20)/t10-,11-/m0/s1. The molecule has 0 fully saturated rings. The lowest BCUT2D eigenvalue weighted by atomic mass is 9.91. The van der Waals surface area contributed by atoms with Gasteiger partial charge in [0.2, 0.25) is 0 Å². The fourth-order valence-corrected chi connectivity index (χ4v) is 2.32. The Bertz CT molecular complexity index is 499. The molecule has 0 unspecified atom stereocenters. The molecule has 0 bridgehead atoms. The number of aromatic amines is 1. The molecule has 0 spiro atoms. The first-order valence-corrected chi connectivity index (χ1v) is 7.04. The molecule has 2 atom stereocenters. The highest BCUT2D eigenvalue weighted by atomic mass is 16.4. The first-order chi connectivity index (χ1) is 9.36. The van der Waals surface area contributed by atoms with E-state index in [1.165, 1.54) is 0 Å². The summed E-state index contributed by atoms with van der Waals surface area (Å²) >= 11 is 0. The van der Waals surface area contributed by atoms with Crippen molar-refractivity contribution in [3.63, 3.8) is 0 Å². The maximum Gasteiger partial charge on any atom is 0.306 e.